The van der Waals surface area contributed by atoms with Gasteiger partial charge in [-0.3, -0.25) is 9.48 Å². The molecule has 144 valence electrons. The zero-order valence-electron chi connectivity index (χ0n) is 15.4. The van der Waals surface area contributed by atoms with Crippen LogP contribution in [0, 0.1) is 0 Å². The lowest BCUT2D eigenvalue weighted by Crippen LogP contribution is -2.35. The van der Waals surface area contributed by atoms with Gasteiger partial charge in [0.15, 0.2) is 17.3 Å². The number of benzene rings is 1. The average molecular weight is 400 g/mol. The highest BCUT2D eigenvalue weighted by Gasteiger charge is 2.21. The lowest BCUT2D eigenvalue weighted by atomic mass is 10.1. The molecular weight excluding hydrogens is 382 g/mol. The fourth-order valence-electron chi connectivity index (χ4n) is 3.06. The van der Waals surface area contributed by atoms with E-state index >= 15 is 0 Å². The number of nitrogens with zero attached hydrogens (tertiary/aromatic N) is 4. The number of hydrogen-bond acceptors (Lipinski definition) is 6. The minimum Gasteiger partial charge on any atom is -0.491 e. The molecular formula is C19H18ClN5O3. The zero-order valence-corrected chi connectivity index (χ0v) is 16.2. The van der Waals surface area contributed by atoms with E-state index in [9.17, 15) is 4.79 Å². The average Bonchev–Trinajstić information content (AvgIpc) is 3.14. The number of halogens is 1. The molecule has 0 radical (unpaired) electrons. The molecule has 0 atom stereocenters. The van der Waals surface area contributed by atoms with Crippen molar-refractivity contribution in [2.24, 2.45) is 0 Å². The summed E-state index contributed by atoms with van der Waals surface area (Å²) in [5.41, 5.74) is 2.44. The summed E-state index contributed by atoms with van der Waals surface area (Å²) in [6.07, 6.45) is 1.65. The van der Waals surface area contributed by atoms with Crippen LogP contribution < -0.4 is 14.8 Å². The van der Waals surface area contributed by atoms with Crippen LogP contribution >= 0.6 is 11.6 Å². The van der Waals surface area contributed by atoms with Gasteiger partial charge < -0.3 is 14.8 Å². The van der Waals surface area contributed by atoms with Crippen molar-refractivity contribution >= 4 is 17.5 Å². The number of hydrogen-bond donors (Lipinski definition) is 1. The van der Waals surface area contributed by atoms with Crippen molar-refractivity contribution in [3.63, 3.8) is 0 Å². The molecule has 8 nitrogen and oxygen atoms in total. The normalized spacial score (nSPS) is 13.0. The van der Waals surface area contributed by atoms with Crippen LogP contribution in [0.4, 0.5) is 0 Å². The quantitative estimate of drug-likeness (QED) is 0.709. The van der Waals surface area contributed by atoms with Crippen LogP contribution in [0.2, 0.25) is 5.02 Å². The van der Waals surface area contributed by atoms with Gasteiger partial charge >= 0.3 is 0 Å². The predicted octanol–water partition coefficient (Wildman–Crippen LogP) is 2.81. The second-order valence-electron chi connectivity index (χ2n) is 6.08. The summed E-state index contributed by atoms with van der Waals surface area (Å²) in [7, 11) is 1.54. The first kappa shape index (κ1) is 18.2. The summed E-state index contributed by atoms with van der Waals surface area (Å²) in [4.78, 5) is 20.9. The molecule has 9 heteroatoms. The van der Waals surface area contributed by atoms with Crippen LogP contribution in [0.15, 0.2) is 30.5 Å². The number of methoxy groups -OCH3 is 1. The predicted molar refractivity (Wildman–Crippen MR) is 104 cm³/mol. The van der Waals surface area contributed by atoms with Crippen molar-refractivity contribution in [2.45, 2.75) is 13.5 Å². The highest BCUT2D eigenvalue weighted by molar-refractivity contribution is 6.32. The summed E-state index contributed by atoms with van der Waals surface area (Å²) in [5.74, 6) is 1.33. The van der Waals surface area contributed by atoms with E-state index < -0.39 is 0 Å². The molecule has 0 spiro atoms. The summed E-state index contributed by atoms with van der Waals surface area (Å²) in [5, 5.41) is 7.70. The van der Waals surface area contributed by atoms with Gasteiger partial charge in [0.05, 0.1) is 31.0 Å². The van der Waals surface area contributed by atoms with E-state index in [0.29, 0.717) is 64.7 Å². The lowest BCUT2D eigenvalue weighted by molar-refractivity contribution is 0.0924. The van der Waals surface area contributed by atoms with Gasteiger partial charge in [-0.25, -0.2) is 9.97 Å². The maximum absolute atomic E-state index is 12.0. The molecule has 0 saturated carbocycles. The van der Waals surface area contributed by atoms with Crippen LogP contribution in [0.3, 0.4) is 0 Å². The highest BCUT2D eigenvalue weighted by Crippen LogP contribution is 2.39. The Hall–Kier alpha value is -3.13. The number of fused-ring (bicyclic) bond motifs is 1. The van der Waals surface area contributed by atoms with Gasteiger partial charge in [0, 0.05) is 18.3 Å². The molecule has 1 aliphatic rings. The van der Waals surface area contributed by atoms with Crippen molar-refractivity contribution in [2.75, 3.05) is 20.3 Å². The van der Waals surface area contributed by atoms with E-state index in [4.69, 9.17) is 21.1 Å². The lowest BCUT2D eigenvalue weighted by Gasteiger charge is -2.13. The molecule has 1 aromatic carbocycles. The maximum Gasteiger partial charge on any atom is 0.269 e. The van der Waals surface area contributed by atoms with Crippen LogP contribution in [-0.4, -0.2) is 45.9 Å². The van der Waals surface area contributed by atoms with Crippen LogP contribution in [0.5, 0.6) is 11.5 Å². The number of nitrogens with one attached hydrogen (secondary N) is 1. The molecule has 1 aliphatic heterocycles. The molecule has 0 fully saturated rings. The number of rotatable bonds is 5. The largest absolute Gasteiger partial charge is 0.491 e. The van der Waals surface area contributed by atoms with Gasteiger partial charge in [-0.05, 0) is 31.2 Å². The SMILES string of the molecule is CCOc1cc(-c2nccc(-c3cc4n(n3)CCNC4=O)n2)cc(Cl)c1OC. The van der Waals surface area contributed by atoms with E-state index in [-0.39, 0.29) is 5.91 Å². The van der Waals surface area contributed by atoms with Crippen molar-refractivity contribution in [3.05, 3.63) is 41.2 Å². The Morgan fingerprint density at radius 1 is 1.29 bits per heavy atom. The number of aromatic nitrogens is 4. The van der Waals surface area contributed by atoms with Crippen LogP contribution in [0.1, 0.15) is 17.4 Å². The van der Waals surface area contributed by atoms with Gasteiger partial charge in [-0.2, -0.15) is 5.10 Å². The van der Waals surface area contributed by atoms with Crippen LogP contribution in [-0.2, 0) is 6.54 Å². The molecule has 0 bridgehead atoms. The van der Waals surface area contributed by atoms with Gasteiger partial charge in [0.1, 0.15) is 11.4 Å². The first-order chi connectivity index (χ1) is 13.6. The zero-order chi connectivity index (χ0) is 19.7. The smallest absolute Gasteiger partial charge is 0.269 e. The first-order valence-electron chi connectivity index (χ1n) is 8.81. The van der Waals surface area contributed by atoms with Crippen molar-refractivity contribution in [1.82, 2.24) is 25.1 Å². The Morgan fingerprint density at radius 2 is 2.14 bits per heavy atom. The molecule has 3 heterocycles. The van der Waals surface area contributed by atoms with E-state index in [1.165, 1.54) is 7.11 Å². The Labute approximate surface area is 166 Å². The molecule has 28 heavy (non-hydrogen) atoms. The van der Waals surface area contributed by atoms with Crippen molar-refractivity contribution in [3.8, 4) is 34.3 Å². The summed E-state index contributed by atoms with van der Waals surface area (Å²) in [6.45, 7) is 3.55. The van der Waals surface area contributed by atoms with Gasteiger partial charge in [-0.1, -0.05) is 11.6 Å². The third-order valence-corrected chi connectivity index (χ3v) is 4.59. The second-order valence-corrected chi connectivity index (χ2v) is 6.49. The molecule has 0 aliphatic carbocycles. The number of carbonyl (C=O) groups excluding carboxylic acids is 1. The van der Waals surface area contributed by atoms with Gasteiger partial charge in [0.25, 0.3) is 5.91 Å². The standard InChI is InChI=1S/C19H18ClN5O3/c1-3-28-16-9-11(8-12(20)17(16)27-2)18-21-5-4-13(23-18)14-10-15-19(26)22-6-7-25(15)24-14/h4-5,8-10H,3,6-7H2,1-2H3,(H,22,26). The molecule has 1 N–H and O–H groups in total. The Balaban J connectivity index is 1.75. The summed E-state index contributed by atoms with van der Waals surface area (Å²) in [6, 6.07) is 7.00. The van der Waals surface area contributed by atoms with E-state index in [1.54, 1.807) is 35.1 Å². The van der Waals surface area contributed by atoms with Gasteiger partial charge in [0.2, 0.25) is 0 Å². The summed E-state index contributed by atoms with van der Waals surface area (Å²) >= 11 is 6.34. The van der Waals surface area contributed by atoms with Crippen LogP contribution in [0.25, 0.3) is 22.8 Å². The Bertz CT molecular complexity index is 1050. The molecule has 1 amide bonds. The minimum absolute atomic E-state index is 0.137. The molecule has 2 aromatic heterocycles. The first-order valence-corrected chi connectivity index (χ1v) is 9.18. The number of carbonyl (C=O) groups is 1. The topological polar surface area (TPSA) is 91.2 Å². The van der Waals surface area contributed by atoms with Crippen molar-refractivity contribution < 1.29 is 14.3 Å². The number of ether oxygens (including phenoxy) is 2. The molecule has 0 unspecified atom stereocenters. The third-order valence-electron chi connectivity index (χ3n) is 4.31. The monoisotopic (exact) mass is 399 g/mol. The van der Waals surface area contributed by atoms with E-state index in [2.05, 4.69) is 20.4 Å². The van der Waals surface area contributed by atoms with E-state index in [0.717, 1.165) is 0 Å². The fraction of sp³-hybridized carbons (Fsp3) is 0.263. The third kappa shape index (κ3) is 3.27. The number of amides is 1. The second kappa shape index (κ2) is 7.47. The molecule has 4 rings (SSSR count). The van der Waals surface area contributed by atoms with Crippen molar-refractivity contribution in [1.29, 1.82) is 0 Å². The summed E-state index contributed by atoms with van der Waals surface area (Å²) < 4.78 is 12.6. The maximum atomic E-state index is 12.0. The Kier molecular flexibility index (Phi) is 4.87. The van der Waals surface area contributed by atoms with E-state index in [1.807, 2.05) is 6.92 Å². The minimum atomic E-state index is -0.137. The molecule has 3 aromatic rings. The highest BCUT2D eigenvalue weighted by atomic mass is 35.5. The fourth-order valence-corrected chi connectivity index (χ4v) is 3.35. The Morgan fingerprint density at radius 3 is 2.89 bits per heavy atom. The molecule has 0 saturated heterocycles. The van der Waals surface area contributed by atoms with Gasteiger partial charge in [-0.15, -0.1) is 0 Å².